The third kappa shape index (κ3) is 19.6. The van der Waals surface area contributed by atoms with Crippen molar-refractivity contribution in [2.45, 2.75) is 15.4 Å². The van der Waals surface area contributed by atoms with Crippen molar-refractivity contribution in [1.82, 2.24) is 9.97 Å². The second kappa shape index (κ2) is 34.1. The molecule has 10 nitrogen and oxygen atoms in total. The number of H-pyrrole nitrogens is 1. The van der Waals surface area contributed by atoms with E-state index in [-0.39, 0.29) is 24.0 Å². The summed E-state index contributed by atoms with van der Waals surface area (Å²) in [5.74, 6) is 1.48. The fourth-order valence-electron chi connectivity index (χ4n) is 4.98. The minimum absolute atomic E-state index is 0. The molecule has 0 aliphatic rings. The van der Waals surface area contributed by atoms with Gasteiger partial charge in [0.2, 0.25) is 0 Å². The Balaban J connectivity index is 0.000000465. The first-order valence-electron chi connectivity index (χ1n) is 16.7. The Hall–Kier alpha value is -0.290. The topological polar surface area (TPSA) is 118 Å². The average Bonchev–Trinajstić information content (AvgIpc) is 3.88. The predicted molar refractivity (Wildman–Crippen MR) is 300 cm³/mol. The summed E-state index contributed by atoms with van der Waals surface area (Å²) in [5, 5.41) is 0.668. The Bertz CT molecular complexity index is 2380. The number of hydrogen-bond donors (Lipinski definition) is 1. The van der Waals surface area contributed by atoms with Gasteiger partial charge in [0.15, 0.2) is 8.29 Å². The van der Waals surface area contributed by atoms with E-state index in [9.17, 15) is 9.59 Å². The van der Waals surface area contributed by atoms with Gasteiger partial charge in [0.25, 0.3) is 0 Å². The number of nitrogens with zero attached hydrogens (tertiary/aromatic N) is 1. The van der Waals surface area contributed by atoms with E-state index in [2.05, 4.69) is 100 Å². The van der Waals surface area contributed by atoms with Gasteiger partial charge in [0.1, 0.15) is 22.6 Å². The number of thiazole rings is 2. The predicted octanol–water partition coefficient (Wildman–Crippen LogP) is 11.6. The van der Waals surface area contributed by atoms with Gasteiger partial charge in [-0.1, -0.05) is 76.2 Å². The number of nitrogens with one attached hydrogen (secondary N) is 1. The van der Waals surface area contributed by atoms with Crippen LogP contribution in [0.5, 0.6) is 11.5 Å². The Morgan fingerprint density at radius 1 is 0.770 bits per heavy atom. The molecule has 6 rings (SSSR count). The quantitative estimate of drug-likeness (QED) is 0.0240. The molecule has 0 bridgehead atoms. The Morgan fingerprint density at radius 3 is 1.77 bits per heavy atom. The van der Waals surface area contributed by atoms with Gasteiger partial charge in [-0.3, -0.25) is 0 Å². The number of thioether (sulfide) groups is 1. The summed E-state index contributed by atoms with van der Waals surface area (Å²) in [6, 6.07) is 27.1. The van der Waals surface area contributed by atoms with Crippen molar-refractivity contribution in [3.8, 4) is 11.5 Å². The number of esters is 2. The van der Waals surface area contributed by atoms with Crippen LogP contribution in [0.3, 0.4) is 0 Å². The minimum atomic E-state index is -0.429. The summed E-state index contributed by atoms with van der Waals surface area (Å²) < 4.78 is 34.0. The van der Waals surface area contributed by atoms with Gasteiger partial charge >= 0.3 is 62.4 Å². The van der Waals surface area contributed by atoms with Crippen molar-refractivity contribution in [1.29, 1.82) is 0 Å². The van der Waals surface area contributed by atoms with Crippen LogP contribution in [0.2, 0.25) is 0 Å². The summed E-state index contributed by atoms with van der Waals surface area (Å²) in [5.41, 5.74) is 6.40. The van der Waals surface area contributed by atoms with Crippen LogP contribution in [0, 0.1) is 3.95 Å². The van der Waals surface area contributed by atoms with Crippen LogP contribution in [0.15, 0.2) is 102 Å². The normalized spacial score (nSPS) is 10.5. The number of fused-ring (bicyclic) bond motifs is 2. The van der Waals surface area contributed by atoms with Crippen molar-refractivity contribution in [2.75, 3.05) is 42.7 Å². The van der Waals surface area contributed by atoms with Gasteiger partial charge in [-0.25, -0.2) is 14.6 Å². The van der Waals surface area contributed by atoms with E-state index in [0.717, 1.165) is 57.8 Å². The van der Waals surface area contributed by atoms with Gasteiger partial charge < -0.3 is 33.4 Å². The van der Waals surface area contributed by atoms with Gasteiger partial charge in [0.05, 0.1) is 75.6 Å². The second-order valence-electron chi connectivity index (χ2n) is 11.0. The fourth-order valence-corrected chi connectivity index (χ4v) is 8.62. The molecule has 4 aromatic carbocycles. The Kier molecular flexibility index (Phi) is 32.8. The van der Waals surface area contributed by atoms with E-state index in [1.807, 2.05) is 84.9 Å². The van der Waals surface area contributed by atoms with Crippen molar-refractivity contribution >= 4 is 205 Å². The van der Waals surface area contributed by atoms with Crippen LogP contribution in [-0.4, -0.2) is 64.6 Å². The van der Waals surface area contributed by atoms with Crippen LogP contribution >= 0.6 is 161 Å². The molecule has 0 aliphatic heterocycles. The first-order valence-corrected chi connectivity index (χ1v) is 39.7. The molecule has 0 spiro atoms. The number of ether oxygens (including phenoxy) is 6. The van der Waals surface area contributed by atoms with Crippen molar-refractivity contribution in [2.24, 2.45) is 0 Å². The molecule has 2 heterocycles. The first-order chi connectivity index (χ1) is 29.1. The Morgan fingerprint density at radius 2 is 1.26 bits per heavy atom. The van der Waals surface area contributed by atoms with Crippen LogP contribution < -0.4 is 22.7 Å². The fraction of sp³-hybridized carbons (Fsp3) is 0.200. The van der Waals surface area contributed by atoms with E-state index < -0.39 is 11.9 Å². The molecule has 6 aromatic rings. The summed E-state index contributed by atoms with van der Waals surface area (Å²) in [6.45, 7) is 0. The van der Waals surface area contributed by atoms with E-state index in [0.29, 0.717) is 35.5 Å². The number of hydrogen-bond acceptors (Lipinski definition) is 13. The van der Waals surface area contributed by atoms with Crippen LogP contribution in [0.25, 0.3) is 31.6 Å². The van der Waals surface area contributed by atoms with Crippen LogP contribution in [0.4, 0.5) is 0 Å². The van der Waals surface area contributed by atoms with E-state index in [1.54, 1.807) is 48.7 Å². The number of halogens is 7. The summed E-state index contributed by atoms with van der Waals surface area (Å²) in [4.78, 5) is 31.4. The zero-order valence-electron chi connectivity index (χ0n) is 33.2. The zero-order valence-corrected chi connectivity index (χ0v) is 51.1. The molecule has 0 unspecified atom stereocenters. The molecule has 0 amide bonds. The number of benzene rings is 4. The molecule has 61 heavy (non-hydrogen) atoms. The SMILES string of the molecule is CO/C=C(/C(=O)OC)c1ccccc1CBr.CO/C=C(/C(=O)OC)c1ccccc1CSc1nc2cc(OC)ccc2s1.COc1ccc2sc(=S)[nH]c2c1.I.II.I[I-]I. The van der Waals surface area contributed by atoms with E-state index in [1.165, 1.54) is 45.7 Å². The summed E-state index contributed by atoms with van der Waals surface area (Å²) >= 11 is 22.8. The number of carbonyl (C=O) groups excluding carboxylic acids is 2. The molecule has 0 fully saturated rings. The second-order valence-corrected chi connectivity index (χ2v) is 31.8. The monoisotopic (exact) mass is 1640 g/mol. The van der Waals surface area contributed by atoms with Crippen molar-refractivity contribution in [3.05, 3.63) is 124 Å². The molecular formula is C40H40BrI6N2O8S4-. The van der Waals surface area contributed by atoms with E-state index >= 15 is 0 Å². The molecule has 0 saturated carbocycles. The maximum atomic E-state index is 12.1. The van der Waals surface area contributed by atoms with E-state index in [4.69, 9.17) is 40.6 Å². The molecular weight excluding hydrogens is 1610 g/mol. The van der Waals surface area contributed by atoms with Gasteiger partial charge in [-0.2, -0.15) is 0 Å². The van der Waals surface area contributed by atoms with Gasteiger partial charge in [-0.05, 0) is 58.7 Å². The summed E-state index contributed by atoms with van der Waals surface area (Å²) in [6.07, 6.45) is 2.81. The van der Waals surface area contributed by atoms with Crippen LogP contribution in [0.1, 0.15) is 22.3 Å². The third-order valence-corrected chi connectivity index (χ3v) is 11.6. The molecule has 0 atom stereocenters. The van der Waals surface area contributed by atoms with Crippen LogP contribution in [-0.2, 0) is 39.6 Å². The number of aromatic nitrogens is 2. The molecule has 0 radical (unpaired) electrons. The average molecular weight is 1650 g/mol. The number of rotatable bonds is 12. The molecule has 0 aliphatic carbocycles. The van der Waals surface area contributed by atoms with Gasteiger partial charge in [0, 0.05) is 60.4 Å². The zero-order chi connectivity index (χ0) is 44.5. The molecule has 0 saturated heterocycles. The number of carbonyl (C=O) groups is 2. The number of methoxy groups -OCH3 is 6. The maximum absolute atomic E-state index is 12.1. The van der Waals surface area contributed by atoms with Gasteiger partial charge in [-0.15, -0.1) is 46.7 Å². The molecule has 21 heteroatoms. The standard InChI is InChI=1S/C20H19NO4S2.C12H13BrO3.C8H7NOS2.I3.I2.HI/c1-23-11-16(19(22)25-3)15-7-5-4-6-13(15)12-26-20-21-17-10-14(24-2)8-9-18(17)27-20;1-15-8-11(12(14)16-2)10-6-4-3-5-9(10)7-13;1-10-5-2-3-7-6(4-5)9-8(11)12-7;1-3-2;1-2;/h4-11H,12H2,1-3H3;3-6,8H,7H2,1-2H3;2-4H,1H3,(H,9,11);;;1H/q;;;-1;;/b16-11+;11-8+;;;;. The number of aromatic amines is 1. The third-order valence-electron chi connectivity index (χ3n) is 7.59. The summed E-state index contributed by atoms with van der Waals surface area (Å²) in [7, 11) is 9.02. The Labute approximate surface area is 451 Å². The van der Waals surface area contributed by atoms with Crippen molar-refractivity contribution in [3.63, 3.8) is 0 Å². The first kappa shape index (κ1) is 58.7. The molecule has 1 N–H and O–H groups in total. The molecule has 2 aromatic heterocycles. The van der Waals surface area contributed by atoms with Crippen molar-refractivity contribution < 1.29 is 51.3 Å². The number of alkyl halides is 1. The molecule has 332 valence electrons.